The summed E-state index contributed by atoms with van der Waals surface area (Å²) >= 11 is 0. The smallest absolute Gasteiger partial charge is 0.146 e. The quantitative estimate of drug-likeness (QED) is 0.695. The van der Waals surface area contributed by atoms with E-state index in [0.29, 0.717) is 0 Å². The van der Waals surface area contributed by atoms with Crippen LogP contribution in [0.15, 0.2) is 30.3 Å². The van der Waals surface area contributed by atoms with Crippen molar-refractivity contribution in [3.63, 3.8) is 0 Å². The molecule has 0 amide bonds. The number of aliphatic hydroxyl groups is 1. The molecule has 1 N–H and O–H groups in total. The van der Waals surface area contributed by atoms with Crippen LogP contribution in [0.2, 0.25) is 0 Å². The fourth-order valence-electron chi connectivity index (χ4n) is 1.36. The van der Waals surface area contributed by atoms with Gasteiger partial charge in [-0.3, -0.25) is 0 Å². The molecule has 0 aliphatic rings. The third-order valence-electron chi connectivity index (χ3n) is 2.22. The van der Waals surface area contributed by atoms with Gasteiger partial charge in [-0.05, 0) is 18.4 Å². The molecular weight excluding hydrogens is 192 g/mol. The summed E-state index contributed by atoms with van der Waals surface area (Å²) in [5, 5.41) is 9.05. The Labute approximate surface area is 90.6 Å². The standard InChI is InChI=1S/C12H18O3/c1-14-10-15-12(9-13)8-7-11-5-3-2-4-6-11/h2-6,12-13H,7-10H2,1H3/t12-/m0/s1. The first kappa shape index (κ1) is 12.2. The van der Waals surface area contributed by atoms with E-state index in [1.807, 2.05) is 18.2 Å². The molecule has 84 valence electrons. The molecule has 1 atom stereocenters. The number of rotatable bonds is 7. The third-order valence-corrected chi connectivity index (χ3v) is 2.22. The van der Waals surface area contributed by atoms with Crippen LogP contribution in [0.5, 0.6) is 0 Å². The minimum Gasteiger partial charge on any atom is -0.394 e. The third kappa shape index (κ3) is 4.93. The summed E-state index contributed by atoms with van der Waals surface area (Å²) in [7, 11) is 1.58. The average molecular weight is 210 g/mol. The molecule has 0 aliphatic carbocycles. The summed E-state index contributed by atoms with van der Waals surface area (Å²) in [5.74, 6) is 0. The van der Waals surface area contributed by atoms with Crippen molar-refractivity contribution in [3.8, 4) is 0 Å². The predicted molar refractivity (Wildman–Crippen MR) is 58.6 cm³/mol. The van der Waals surface area contributed by atoms with Gasteiger partial charge in [-0.1, -0.05) is 30.3 Å². The van der Waals surface area contributed by atoms with E-state index in [9.17, 15) is 0 Å². The molecule has 0 radical (unpaired) electrons. The predicted octanol–water partition coefficient (Wildman–Crippen LogP) is 1.60. The van der Waals surface area contributed by atoms with Gasteiger partial charge in [0.25, 0.3) is 0 Å². The molecule has 0 bridgehead atoms. The minimum absolute atomic E-state index is 0.0379. The minimum atomic E-state index is -0.134. The van der Waals surface area contributed by atoms with Crippen LogP contribution in [0.1, 0.15) is 12.0 Å². The molecule has 1 aromatic rings. The van der Waals surface area contributed by atoms with E-state index >= 15 is 0 Å². The summed E-state index contributed by atoms with van der Waals surface area (Å²) in [6, 6.07) is 10.2. The summed E-state index contributed by atoms with van der Waals surface area (Å²) in [4.78, 5) is 0. The lowest BCUT2D eigenvalue weighted by Crippen LogP contribution is -2.19. The number of ether oxygens (including phenoxy) is 2. The van der Waals surface area contributed by atoms with E-state index in [1.54, 1.807) is 7.11 Å². The Morgan fingerprint density at radius 3 is 2.60 bits per heavy atom. The van der Waals surface area contributed by atoms with Gasteiger partial charge in [-0.2, -0.15) is 0 Å². The molecule has 1 rings (SSSR count). The SMILES string of the molecule is COCO[C@H](CO)CCc1ccccc1. The Bertz CT molecular complexity index is 248. The maximum atomic E-state index is 9.05. The highest BCUT2D eigenvalue weighted by molar-refractivity contribution is 5.14. The number of hydrogen-bond acceptors (Lipinski definition) is 3. The Balaban J connectivity index is 2.28. The maximum Gasteiger partial charge on any atom is 0.146 e. The molecular formula is C12H18O3. The molecule has 0 unspecified atom stereocenters. The second-order valence-corrected chi connectivity index (χ2v) is 3.40. The highest BCUT2D eigenvalue weighted by atomic mass is 16.7. The maximum absolute atomic E-state index is 9.05. The van der Waals surface area contributed by atoms with E-state index < -0.39 is 0 Å². The first-order chi connectivity index (χ1) is 7.36. The van der Waals surface area contributed by atoms with Gasteiger partial charge in [0.1, 0.15) is 6.79 Å². The number of benzene rings is 1. The van der Waals surface area contributed by atoms with Crippen LogP contribution in [-0.2, 0) is 15.9 Å². The lowest BCUT2D eigenvalue weighted by atomic mass is 10.1. The molecule has 3 heteroatoms. The number of methoxy groups -OCH3 is 1. The topological polar surface area (TPSA) is 38.7 Å². The Morgan fingerprint density at radius 1 is 1.27 bits per heavy atom. The monoisotopic (exact) mass is 210 g/mol. The Morgan fingerprint density at radius 2 is 2.00 bits per heavy atom. The molecule has 0 saturated carbocycles. The van der Waals surface area contributed by atoms with Crippen LogP contribution >= 0.6 is 0 Å². The van der Waals surface area contributed by atoms with Gasteiger partial charge in [-0.25, -0.2) is 0 Å². The Hall–Kier alpha value is -0.900. The average Bonchev–Trinajstić information content (AvgIpc) is 2.31. The zero-order valence-electron chi connectivity index (χ0n) is 9.06. The second-order valence-electron chi connectivity index (χ2n) is 3.40. The summed E-state index contributed by atoms with van der Waals surface area (Å²) in [6.45, 7) is 0.274. The molecule has 0 aromatic heterocycles. The molecule has 0 saturated heterocycles. The van der Waals surface area contributed by atoms with E-state index in [1.165, 1.54) is 5.56 Å². The normalized spacial score (nSPS) is 12.7. The van der Waals surface area contributed by atoms with Crippen LogP contribution in [0.4, 0.5) is 0 Å². The van der Waals surface area contributed by atoms with Crippen molar-refractivity contribution in [3.05, 3.63) is 35.9 Å². The molecule has 0 aliphatic heterocycles. The molecule has 0 spiro atoms. The van der Waals surface area contributed by atoms with Crippen molar-refractivity contribution in [2.75, 3.05) is 20.5 Å². The highest BCUT2D eigenvalue weighted by Crippen LogP contribution is 2.07. The number of aryl methyl sites for hydroxylation is 1. The van der Waals surface area contributed by atoms with Gasteiger partial charge in [0, 0.05) is 7.11 Å². The van der Waals surface area contributed by atoms with Gasteiger partial charge < -0.3 is 14.6 Å². The van der Waals surface area contributed by atoms with Crippen molar-refractivity contribution >= 4 is 0 Å². The van der Waals surface area contributed by atoms with Crippen molar-refractivity contribution in [1.82, 2.24) is 0 Å². The van der Waals surface area contributed by atoms with Crippen LogP contribution < -0.4 is 0 Å². The van der Waals surface area contributed by atoms with E-state index in [2.05, 4.69) is 12.1 Å². The van der Waals surface area contributed by atoms with Gasteiger partial charge >= 0.3 is 0 Å². The molecule has 0 heterocycles. The van der Waals surface area contributed by atoms with Crippen LogP contribution in [0, 0.1) is 0 Å². The van der Waals surface area contributed by atoms with Crippen molar-refractivity contribution < 1.29 is 14.6 Å². The molecule has 15 heavy (non-hydrogen) atoms. The number of aliphatic hydroxyl groups excluding tert-OH is 1. The lowest BCUT2D eigenvalue weighted by Gasteiger charge is -2.14. The first-order valence-electron chi connectivity index (χ1n) is 5.12. The van der Waals surface area contributed by atoms with Crippen molar-refractivity contribution in [1.29, 1.82) is 0 Å². The fraction of sp³-hybridized carbons (Fsp3) is 0.500. The van der Waals surface area contributed by atoms with Crippen molar-refractivity contribution in [2.24, 2.45) is 0 Å². The largest absolute Gasteiger partial charge is 0.394 e. The van der Waals surface area contributed by atoms with Crippen molar-refractivity contribution in [2.45, 2.75) is 18.9 Å². The van der Waals surface area contributed by atoms with Crippen LogP contribution in [-0.4, -0.2) is 31.7 Å². The zero-order valence-corrected chi connectivity index (χ0v) is 9.06. The van der Waals surface area contributed by atoms with Gasteiger partial charge in [0.2, 0.25) is 0 Å². The first-order valence-corrected chi connectivity index (χ1v) is 5.12. The molecule has 3 nitrogen and oxygen atoms in total. The molecule has 1 aromatic carbocycles. The van der Waals surface area contributed by atoms with Crippen LogP contribution in [0.3, 0.4) is 0 Å². The highest BCUT2D eigenvalue weighted by Gasteiger charge is 2.07. The van der Waals surface area contributed by atoms with E-state index in [-0.39, 0.29) is 19.5 Å². The lowest BCUT2D eigenvalue weighted by molar-refractivity contribution is -0.0890. The summed E-state index contributed by atoms with van der Waals surface area (Å²) in [6.07, 6.45) is 1.59. The van der Waals surface area contributed by atoms with E-state index in [4.69, 9.17) is 14.6 Å². The number of hydrogen-bond donors (Lipinski definition) is 1. The van der Waals surface area contributed by atoms with Gasteiger partial charge in [-0.15, -0.1) is 0 Å². The summed E-state index contributed by atoms with van der Waals surface area (Å²) < 4.78 is 10.1. The Kier molecular flexibility index (Phi) is 6.00. The van der Waals surface area contributed by atoms with E-state index in [0.717, 1.165) is 12.8 Å². The molecule has 0 fully saturated rings. The van der Waals surface area contributed by atoms with Crippen LogP contribution in [0.25, 0.3) is 0 Å². The summed E-state index contributed by atoms with van der Waals surface area (Å²) in [5.41, 5.74) is 1.26. The van der Waals surface area contributed by atoms with Gasteiger partial charge in [0.15, 0.2) is 0 Å². The van der Waals surface area contributed by atoms with Gasteiger partial charge in [0.05, 0.1) is 12.7 Å². The fourth-order valence-corrected chi connectivity index (χ4v) is 1.36. The zero-order chi connectivity index (χ0) is 10.9. The second kappa shape index (κ2) is 7.40.